The Hall–Kier alpha value is -0.280. The number of likely N-dealkylation sites (tertiary alicyclic amines) is 1. The highest BCUT2D eigenvalue weighted by molar-refractivity contribution is 6.33. The summed E-state index contributed by atoms with van der Waals surface area (Å²) in [6.07, 6.45) is 1.28. The van der Waals surface area contributed by atoms with Gasteiger partial charge in [-0.3, -0.25) is 0 Å². The van der Waals surface area contributed by atoms with E-state index in [9.17, 15) is 0 Å². The van der Waals surface area contributed by atoms with Gasteiger partial charge >= 0.3 is 0 Å². The molecule has 0 saturated carbocycles. The van der Waals surface area contributed by atoms with Crippen LogP contribution in [-0.2, 0) is 6.54 Å². The van der Waals surface area contributed by atoms with Gasteiger partial charge in [-0.1, -0.05) is 23.2 Å². The molecule has 1 unspecified atom stereocenters. The minimum absolute atomic E-state index is 0.742. The van der Waals surface area contributed by atoms with Crippen LogP contribution in [0.15, 0.2) is 18.2 Å². The van der Waals surface area contributed by atoms with Crippen LogP contribution in [0.2, 0.25) is 10.0 Å². The van der Waals surface area contributed by atoms with Crippen LogP contribution in [0.25, 0.3) is 0 Å². The molecule has 2 rings (SSSR count). The van der Waals surface area contributed by atoms with Crippen LogP contribution in [0.1, 0.15) is 12.0 Å². The molecule has 0 bridgehead atoms. The Bertz CT molecular complexity index is 382. The molecule has 4 heteroatoms. The monoisotopic (exact) mass is 272 g/mol. The number of benzene rings is 1. The molecule has 1 aliphatic rings. The third kappa shape index (κ3) is 3.85. The maximum atomic E-state index is 6.11. The number of nitrogens with zero attached hydrogens (tertiary/aromatic N) is 1. The summed E-state index contributed by atoms with van der Waals surface area (Å²) in [4.78, 5) is 2.37. The van der Waals surface area contributed by atoms with E-state index < -0.39 is 0 Å². The molecule has 1 heterocycles. The van der Waals surface area contributed by atoms with Gasteiger partial charge in [0.05, 0.1) is 0 Å². The van der Waals surface area contributed by atoms with Gasteiger partial charge in [0.2, 0.25) is 0 Å². The minimum atomic E-state index is 0.742. The molecule has 1 aromatic rings. The molecule has 2 nitrogen and oxygen atoms in total. The largest absolute Gasteiger partial charge is 0.312 e. The van der Waals surface area contributed by atoms with Crippen molar-refractivity contribution >= 4 is 23.2 Å². The lowest BCUT2D eigenvalue weighted by molar-refractivity contribution is 0.388. The topological polar surface area (TPSA) is 15.3 Å². The van der Waals surface area contributed by atoms with Gasteiger partial charge in [0.25, 0.3) is 0 Å². The maximum Gasteiger partial charge on any atom is 0.0451 e. The Labute approximate surface area is 113 Å². The Morgan fingerprint density at radius 1 is 1.41 bits per heavy atom. The summed E-state index contributed by atoms with van der Waals surface area (Å²) in [5, 5.41) is 4.99. The Morgan fingerprint density at radius 3 is 2.94 bits per heavy atom. The fraction of sp³-hybridized carbons (Fsp3) is 0.538. The smallest absolute Gasteiger partial charge is 0.0451 e. The molecular formula is C13H18Cl2N2. The number of halogens is 2. The van der Waals surface area contributed by atoms with E-state index in [1.807, 2.05) is 18.2 Å². The van der Waals surface area contributed by atoms with Crippen LogP contribution in [0.5, 0.6) is 0 Å². The van der Waals surface area contributed by atoms with Crippen LogP contribution in [-0.4, -0.2) is 31.6 Å². The summed E-state index contributed by atoms with van der Waals surface area (Å²) in [7, 11) is 2.17. The van der Waals surface area contributed by atoms with Crippen LogP contribution in [0.4, 0.5) is 0 Å². The fourth-order valence-electron chi connectivity index (χ4n) is 2.28. The van der Waals surface area contributed by atoms with Gasteiger partial charge in [0.15, 0.2) is 0 Å². The molecule has 94 valence electrons. The molecule has 1 fully saturated rings. The maximum absolute atomic E-state index is 6.11. The van der Waals surface area contributed by atoms with Gasteiger partial charge in [0, 0.05) is 23.1 Å². The van der Waals surface area contributed by atoms with Gasteiger partial charge in [-0.05, 0) is 56.2 Å². The zero-order valence-electron chi connectivity index (χ0n) is 10.0. The molecule has 1 N–H and O–H groups in total. The van der Waals surface area contributed by atoms with E-state index in [2.05, 4.69) is 17.3 Å². The van der Waals surface area contributed by atoms with E-state index in [-0.39, 0.29) is 0 Å². The van der Waals surface area contributed by atoms with Crippen molar-refractivity contribution in [1.29, 1.82) is 0 Å². The lowest BCUT2D eigenvalue weighted by Gasteiger charge is -2.12. The predicted octanol–water partition coefficient (Wildman–Crippen LogP) is 3.03. The van der Waals surface area contributed by atoms with Gasteiger partial charge < -0.3 is 10.2 Å². The average Bonchev–Trinajstić information content (AvgIpc) is 2.69. The normalized spacial score (nSPS) is 21.0. The summed E-state index contributed by atoms with van der Waals surface area (Å²) in [5.74, 6) is 0.762. The molecule has 0 aliphatic carbocycles. The summed E-state index contributed by atoms with van der Waals surface area (Å²) in [6, 6.07) is 5.60. The second-order valence-electron chi connectivity index (χ2n) is 4.78. The zero-order chi connectivity index (χ0) is 12.3. The summed E-state index contributed by atoms with van der Waals surface area (Å²) in [6.45, 7) is 4.24. The first-order valence-electron chi connectivity index (χ1n) is 5.98. The van der Waals surface area contributed by atoms with Crippen molar-refractivity contribution in [3.8, 4) is 0 Å². The number of nitrogens with one attached hydrogen (secondary N) is 1. The van der Waals surface area contributed by atoms with Gasteiger partial charge in [-0.2, -0.15) is 0 Å². The van der Waals surface area contributed by atoms with Gasteiger partial charge in [-0.25, -0.2) is 0 Å². The number of rotatable bonds is 4. The lowest BCUT2D eigenvalue weighted by Crippen LogP contribution is -2.24. The Balaban J connectivity index is 1.80. The van der Waals surface area contributed by atoms with Crippen LogP contribution < -0.4 is 5.32 Å². The SMILES string of the molecule is CN1CCC(CNCc2cc(Cl)ccc2Cl)C1. The summed E-state index contributed by atoms with van der Waals surface area (Å²) in [5.41, 5.74) is 1.07. The van der Waals surface area contributed by atoms with E-state index in [0.29, 0.717) is 0 Å². The average molecular weight is 273 g/mol. The Kier molecular flexibility index (Phi) is 4.69. The van der Waals surface area contributed by atoms with Gasteiger partial charge in [0.1, 0.15) is 0 Å². The van der Waals surface area contributed by atoms with E-state index in [4.69, 9.17) is 23.2 Å². The van der Waals surface area contributed by atoms with Crippen molar-refractivity contribution in [2.75, 3.05) is 26.7 Å². The summed E-state index contributed by atoms with van der Waals surface area (Å²) >= 11 is 12.1. The molecule has 17 heavy (non-hydrogen) atoms. The molecule has 1 aromatic carbocycles. The van der Waals surface area contributed by atoms with E-state index in [0.717, 1.165) is 34.6 Å². The van der Waals surface area contributed by atoms with Crippen LogP contribution in [0, 0.1) is 5.92 Å². The quantitative estimate of drug-likeness (QED) is 0.907. The van der Waals surface area contributed by atoms with Crippen molar-refractivity contribution in [3.63, 3.8) is 0 Å². The lowest BCUT2D eigenvalue weighted by atomic mass is 10.1. The zero-order valence-corrected chi connectivity index (χ0v) is 11.6. The van der Waals surface area contributed by atoms with E-state index in [1.165, 1.54) is 19.5 Å². The molecule has 0 radical (unpaired) electrons. The first kappa shape index (κ1) is 13.2. The van der Waals surface area contributed by atoms with Crippen molar-refractivity contribution in [2.24, 2.45) is 5.92 Å². The molecule has 0 aromatic heterocycles. The molecule has 1 atom stereocenters. The molecule has 0 spiro atoms. The van der Waals surface area contributed by atoms with E-state index in [1.54, 1.807) is 0 Å². The van der Waals surface area contributed by atoms with Crippen molar-refractivity contribution in [1.82, 2.24) is 10.2 Å². The predicted molar refractivity (Wildman–Crippen MR) is 73.8 cm³/mol. The van der Waals surface area contributed by atoms with E-state index >= 15 is 0 Å². The van der Waals surface area contributed by atoms with Crippen molar-refractivity contribution in [3.05, 3.63) is 33.8 Å². The Morgan fingerprint density at radius 2 is 2.24 bits per heavy atom. The van der Waals surface area contributed by atoms with Crippen LogP contribution in [0.3, 0.4) is 0 Å². The first-order valence-corrected chi connectivity index (χ1v) is 6.74. The highest BCUT2D eigenvalue weighted by Gasteiger charge is 2.18. The highest BCUT2D eigenvalue weighted by Crippen LogP contribution is 2.20. The third-order valence-corrected chi connectivity index (χ3v) is 3.85. The number of hydrogen-bond acceptors (Lipinski definition) is 2. The summed E-state index contributed by atoms with van der Waals surface area (Å²) < 4.78 is 0. The van der Waals surface area contributed by atoms with Crippen molar-refractivity contribution in [2.45, 2.75) is 13.0 Å². The first-order chi connectivity index (χ1) is 8.15. The standard InChI is InChI=1S/C13H18Cl2N2/c1-17-5-4-10(9-17)7-16-8-11-6-12(14)2-3-13(11)15/h2-3,6,10,16H,4-5,7-9H2,1H3. The minimum Gasteiger partial charge on any atom is -0.312 e. The molecular weight excluding hydrogens is 255 g/mol. The number of hydrogen-bond donors (Lipinski definition) is 1. The fourth-order valence-corrected chi connectivity index (χ4v) is 2.66. The molecule has 0 amide bonds. The van der Waals surface area contributed by atoms with Crippen molar-refractivity contribution < 1.29 is 0 Å². The molecule has 1 aliphatic heterocycles. The second-order valence-corrected chi connectivity index (χ2v) is 5.63. The van der Waals surface area contributed by atoms with Gasteiger partial charge in [-0.15, -0.1) is 0 Å². The van der Waals surface area contributed by atoms with Crippen LogP contribution >= 0.6 is 23.2 Å². The third-order valence-electron chi connectivity index (χ3n) is 3.25. The highest BCUT2D eigenvalue weighted by atomic mass is 35.5. The second kappa shape index (κ2) is 6.05. The molecule has 1 saturated heterocycles.